The minimum Gasteiger partial charge on any atom is -0.488 e. The molecule has 0 aliphatic rings. The molecular weight excluding hydrogens is 369 g/mol. The molecule has 0 bridgehead atoms. The van der Waals surface area contributed by atoms with E-state index in [4.69, 9.17) is 33.7 Å². The molecule has 0 saturated heterocycles. The first-order valence-electron chi connectivity index (χ1n) is 8.33. The molecule has 0 amide bonds. The highest BCUT2D eigenvalue weighted by atomic mass is 35.5. The van der Waals surface area contributed by atoms with Crippen LogP contribution in [0.3, 0.4) is 0 Å². The van der Waals surface area contributed by atoms with Crippen LogP contribution in [0.1, 0.15) is 0 Å². The number of ether oxygens (including phenoxy) is 1. The van der Waals surface area contributed by atoms with Crippen molar-refractivity contribution in [3.8, 4) is 5.75 Å². The summed E-state index contributed by atoms with van der Waals surface area (Å²) in [7, 11) is 0. The van der Waals surface area contributed by atoms with E-state index in [-0.39, 0.29) is 0 Å². The van der Waals surface area contributed by atoms with Gasteiger partial charge in [-0.15, -0.1) is 0 Å². The number of rotatable bonds is 3. The number of aromatic amines is 2. The molecule has 0 aliphatic heterocycles. The summed E-state index contributed by atoms with van der Waals surface area (Å²) in [6.07, 6.45) is 0. The van der Waals surface area contributed by atoms with E-state index >= 15 is 0 Å². The summed E-state index contributed by atoms with van der Waals surface area (Å²) in [5, 5.41) is 5.63. The van der Waals surface area contributed by atoms with Crippen LogP contribution in [0.4, 0.5) is 0 Å². The molecule has 130 valence electrons. The summed E-state index contributed by atoms with van der Waals surface area (Å²) < 4.78 is 6.05. The van der Waals surface area contributed by atoms with E-state index in [1.807, 2.05) is 36.4 Å². The van der Waals surface area contributed by atoms with Gasteiger partial charge < -0.3 is 20.4 Å². The van der Waals surface area contributed by atoms with Gasteiger partial charge in [-0.3, -0.25) is 0 Å². The SMILES string of the molecule is NCCOc1c2[nH]c3ccc(Cl)cc3c2cc2c1[nH]c1ccc(Cl)cc12. The molecule has 5 aromatic rings. The van der Waals surface area contributed by atoms with Crippen LogP contribution in [0.25, 0.3) is 43.6 Å². The standard InChI is InChI=1S/C20H15Cl2N3O/c21-10-1-3-16-12(7-10)14-9-15-13-8-11(22)2-4-17(13)25-19(15)20(18(14)24-16)26-6-5-23/h1-4,7-9,24-25H,5-6,23H2. The molecule has 0 aliphatic carbocycles. The third-order valence-corrected chi connectivity index (χ3v) is 5.18. The number of benzene rings is 3. The van der Waals surface area contributed by atoms with Crippen LogP contribution in [0.15, 0.2) is 42.5 Å². The van der Waals surface area contributed by atoms with Crippen molar-refractivity contribution in [2.24, 2.45) is 5.73 Å². The Labute approximate surface area is 158 Å². The van der Waals surface area contributed by atoms with Gasteiger partial charge in [-0.05, 0) is 42.5 Å². The van der Waals surface area contributed by atoms with Gasteiger partial charge in [-0.25, -0.2) is 0 Å². The molecule has 3 aromatic carbocycles. The highest BCUT2D eigenvalue weighted by Gasteiger charge is 2.17. The van der Waals surface area contributed by atoms with Crippen LogP contribution in [0, 0.1) is 0 Å². The molecule has 0 unspecified atom stereocenters. The van der Waals surface area contributed by atoms with Crippen LogP contribution >= 0.6 is 23.2 Å². The molecule has 0 radical (unpaired) electrons. The Bertz CT molecular complexity index is 1210. The number of fused-ring (bicyclic) bond motifs is 6. The third-order valence-electron chi connectivity index (χ3n) is 4.71. The van der Waals surface area contributed by atoms with Gasteiger partial charge in [0.2, 0.25) is 0 Å². The molecule has 4 nitrogen and oxygen atoms in total. The van der Waals surface area contributed by atoms with E-state index in [1.54, 1.807) is 0 Å². The number of H-pyrrole nitrogens is 2. The lowest BCUT2D eigenvalue weighted by Crippen LogP contribution is -2.11. The van der Waals surface area contributed by atoms with E-state index in [2.05, 4.69) is 16.0 Å². The zero-order chi connectivity index (χ0) is 17.8. The number of hydrogen-bond donors (Lipinski definition) is 3. The second-order valence-electron chi connectivity index (χ2n) is 6.32. The van der Waals surface area contributed by atoms with Crippen LogP contribution in [0.5, 0.6) is 5.75 Å². The molecule has 26 heavy (non-hydrogen) atoms. The Hall–Kier alpha value is -2.40. The van der Waals surface area contributed by atoms with Crippen LogP contribution in [0.2, 0.25) is 10.0 Å². The van der Waals surface area contributed by atoms with Gasteiger partial charge in [-0.1, -0.05) is 23.2 Å². The lowest BCUT2D eigenvalue weighted by atomic mass is 10.1. The fraction of sp³-hybridized carbons (Fsp3) is 0.100. The van der Waals surface area contributed by atoms with Gasteiger partial charge in [-0.2, -0.15) is 0 Å². The summed E-state index contributed by atoms with van der Waals surface area (Å²) in [5.74, 6) is 0.766. The molecule has 2 heterocycles. The van der Waals surface area contributed by atoms with Crippen molar-refractivity contribution in [2.45, 2.75) is 0 Å². The second-order valence-corrected chi connectivity index (χ2v) is 7.19. The summed E-state index contributed by atoms with van der Waals surface area (Å²) in [6.45, 7) is 0.871. The summed E-state index contributed by atoms with van der Waals surface area (Å²) >= 11 is 12.5. The molecule has 5 rings (SSSR count). The first-order valence-corrected chi connectivity index (χ1v) is 9.09. The Balaban J connectivity index is 1.98. The second kappa shape index (κ2) is 5.81. The van der Waals surface area contributed by atoms with Crippen molar-refractivity contribution < 1.29 is 4.74 Å². The average molecular weight is 384 g/mol. The maximum Gasteiger partial charge on any atom is 0.167 e. The topological polar surface area (TPSA) is 66.8 Å². The predicted octanol–water partition coefficient (Wildman–Crippen LogP) is 5.60. The van der Waals surface area contributed by atoms with Crippen molar-refractivity contribution in [1.82, 2.24) is 9.97 Å². The summed E-state index contributed by atoms with van der Waals surface area (Å²) in [5.41, 5.74) is 9.56. The Kier molecular flexibility index (Phi) is 3.54. The van der Waals surface area contributed by atoms with Gasteiger partial charge in [0.05, 0.1) is 11.0 Å². The molecule has 6 heteroatoms. The molecule has 0 spiro atoms. The largest absolute Gasteiger partial charge is 0.488 e. The molecule has 0 fully saturated rings. The van der Waals surface area contributed by atoms with Crippen LogP contribution in [-0.2, 0) is 0 Å². The van der Waals surface area contributed by atoms with Gasteiger partial charge in [0.25, 0.3) is 0 Å². The third kappa shape index (κ3) is 2.27. The van der Waals surface area contributed by atoms with E-state index in [0.717, 1.165) is 49.4 Å². The van der Waals surface area contributed by atoms with Crippen molar-refractivity contribution in [2.75, 3.05) is 13.2 Å². The van der Waals surface area contributed by atoms with Crippen LogP contribution < -0.4 is 10.5 Å². The quantitative estimate of drug-likeness (QED) is 0.379. The van der Waals surface area contributed by atoms with Crippen LogP contribution in [-0.4, -0.2) is 23.1 Å². The van der Waals surface area contributed by atoms with Gasteiger partial charge in [0, 0.05) is 49.2 Å². The normalized spacial score (nSPS) is 12.0. The monoisotopic (exact) mass is 383 g/mol. The minimum absolute atomic E-state index is 0.431. The Morgan fingerprint density at radius 2 is 1.31 bits per heavy atom. The van der Waals surface area contributed by atoms with E-state index < -0.39 is 0 Å². The van der Waals surface area contributed by atoms with Crippen molar-refractivity contribution in [3.05, 3.63) is 52.5 Å². The summed E-state index contributed by atoms with van der Waals surface area (Å²) in [4.78, 5) is 6.92. The fourth-order valence-electron chi connectivity index (χ4n) is 3.60. The zero-order valence-corrected chi connectivity index (χ0v) is 15.2. The number of aromatic nitrogens is 2. The number of nitrogens with two attached hydrogens (primary N) is 1. The van der Waals surface area contributed by atoms with Gasteiger partial charge in [0.15, 0.2) is 5.75 Å². The molecule has 0 atom stereocenters. The molecule has 4 N–H and O–H groups in total. The molecule has 2 aromatic heterocycles. The number of nitrogens with one attached hydrogen (secondary N) is 2. The van der Waals surface area contributed by atoms with E-state index in [9.17, 15) is 0 Å². The first kappa shape index (κ1) is 15.8. The highest BCUT2D eigenvalue weighted by Crippen LogP contribution is 2.41. The Morgan fingerprint density at radius 1 is 0.769 bits per heavy atom. The summed E-state index contributed by atoms with van der Waals surface area (Å²) in [6, 6.07) is 13.8. The lowest BCUT2D eigenvalue weighted by molar-refractivity contribution is 0.335. The fourth-order valence-corrected chi connectivity index (χ4v) is 3.95. The van der Waals surface area contributed by atoms with E-state index in [1.165, 1.54) is 0 Å². The maximum absolute atomic E-state index is 6.23. The minimum atomic E-state index is 0.431. The highest BCUT2D eigenvalue weighted by molar-refractivity contribution is 6.33. The predicted molar refractivity (Wildman–Crippen MR) is 110 cm³/mol. The van der Waals surface area contributed by atoms with Crippen molar-refractivity contribution >= 4 is 66.8 Å². The van der Waals surface area contributed by atoms with Crippen molar-refractivity contribution in [3.63, 3.8) is 0 Å². The van der Waals surface area contributed by atoms with Crippen molar-refractivity contribution in [1.29, 1.82) is 0 Å². The Morgan fingerprint density at radius 3 is 1.81 bits per heavy atom. The van der Waals surface area contributed by atoms with E-state index in [0.29, 0.717) is 23.2 Å². The number of halogens is 2. The first-order chi connectivity index (χ1) is 12.7. The van der Waals surface area contributed by atoms with Gasteiger partial charge in [0.1, 0.15) is 6.61 Å². The zero-order valence-electron chi connectivity index (χ0n) is 13.7. The lowest BCUT2D eigenvalue weighted by Gasteiger charge is -2.08. The smallest absolute Gasteiger partial charge is 0.167 e. The number of hydrogen-bond acceptors (Lipinski definition) is 2. The molecular formula is C20H15Cl2N3O. The average Bonchev–Trinajstić information content (AvgIpc) is 3.17. The maximum atomic E-state index is 6.23. The van der Waals surface area contributed by atoms with Gasteiger partial charge >= 0.3 is 0 Å². The molecule has 0 saturated carbocycles.